The molecule has 222 valence electrons. The lowest BCUT2D eigenvalue weighted by molar-refractivity contribution is -0.132. The number of aliphatic hydroxyl groups excluding tert-OH is 1. The molecule has 2 aliphatic heterocycles. The number of aryl methyl sites for hydroxylation is 2. The molecule has 0 spiro atoms. The lowest BCUT2D eigenvalue weighted by atomic mass is 9.94. The molecule has 1 N–H and O–H groups in total. The normalized spacial score (nSPS) is 19.1. The maximum Gasteiger partial charge on any atom is 0.301 e. The maximum atomic E-state index is 13.8. The van der Waals surface area contributed by atoms with Gasteiger partial charge >= 0.3 is 5.91 Å². The van der Waals surface area contributed by atoms with Gasteiger partial charge in [0.05, 0.1) is 35.5 Å². The Morgan fingerprint density at radius 2 is 1.93 bits per heavy atom. The maximum absolute atomic E-state index is 13.8. The SMILES string of the molecule is CCCCOc1ccc([C@@H]2C(=C(O)c3ccc4c(c3)C[C@@H](C)O4)C(=O)C(=O)N2c2nc3c(C)cc(C)cc3s2)cc1OC. The van der Waals surface area contributed by atoms with Gasteiger partial charge in [-0.3, -0.25) is 14.5 Å². The van der Waals surface area contributed by atoms with Crippen LogP contribution >= 0.6 is 11.3 Å². The van der Waals surface area contributed by atoms with Crippen molar-refractivity contribution in [1.29, 1.82) is 0 Å². The van der Waals surface area contributed by atoms with Gasteiger partial charge in [-0.15, -0.1) is 0 Å². The number of nitrogens with zero attached hydrogens (tertiary/aromatic N) is 2. The van der Waals surface area contributed by atoms with E-state index in [2.05, 4.69) is 6.92 Å². The highest BCUT2D eigenvalue weighted by Crippen LogP contribution is 2.46. The van der Waals surface area contributed by atoms with Crippen molar-refractivity contribution >= 4 is 44.1 Å². The average molecular weight is 599 g/mol. The number of ketones is 1. The van der Waals surface area contributed by atoms with Gasteiger partial charge in [-0.25, -0.2) is 4.98 Å². The van der Waals surface area contributed by atoms with Gasteiger partial charge in [0.2, 0.25) is 0 Å². The number of Topliss-reactive ketones (excluding diaryl/α,β-unsaturated/α-hetero) is 1. The van der Waals surface area contributed by atoms with Gasteiger partial charge in [-0.2, -0.15) is 0 Å². The van der Waals surface area contributed by atoms with E-state index >= 15 is 0 Å². The number of amides is 1. The minimum atomic E-state index is -0.941. The Balaban J connectivity index is 1.52. The standard InChI is InChI=1S/C34H34N2O6S/c1-6-7-12-41-25-11-8-21(17-26(25)40-5)30-28(31(37)22-9-10-24-23(16-22)15-20(4)42-24)32(38)33(39)36(30)34-35-29-19(3)13-18(2)14-27(29)43-34/h8-11,13-14,16-17,20,30,37H,6-7,12,15H2,1-5H3/t20-,30-/m1/s1. The van der Waals surface area contributed by atoms with Crippen molar-refractivity contribution in [2.75, 3.05) is 18.6 Å². The topological polar surface area (TPSA) is 98.2 Å². The zero-order valence-corrected chi connectivity index (χ0v) is 25.7. The van der Waals surface area contributed by atoms with Crippen LogP contribution in [0.1, 0.15) is 60.5 Å². The summed E-state index contributed by atoms with van der Waals surface area (Å²) in [5.74, 6) is 0.0182. The highest BCUT2D eigenvalue weighted by molar-refractivity contribution is 7.22. The fourth-order valence-electron chi connectivity index (χ4n) is 5.83. The van der Waals surface area contributed by atoms with Crippen molar-refractivity contribution < 1.29 is 28.9 Å². The molecule has 0 saturated carbocycles. The van der Waals surface area contributed by atoms with E-state index in [-0.39, 0.29) is 17.4 Å². The fourth-order valence-corrected chi connectivity index (χ4v) is 7.00. The number of methoxy groups -OCH3 is 1. The van der Waals surface area contributed by atoms with E-state index in [4.69, 9.17) is 19.2 Å². The van der Waals surface area contributed by atoms with Crippen molar-refractivity contribution in [3.63, 3.8) is 0 Å². The zero-order chi connectivity index (χ0) is 30.4. The second-order valence-electron chi connectivity index (χ2n) is 11.2. The second kappa shape index (κ2) is 11.4. The molecule has 0 aliphatic carbocycles. The number of unbranched alkanes of at least 4 members (excludes halogenated alkanes) is 1. The lowest BCUT2D eigenvalue weighted by Gasteiger charge is -2.24. The summed E-state index contributed by atoms with van der Waals surface area (Å²) in [6, 6.07) is 13.8. The van der Waals surface area contributed by atoms with Crippen LogP contribution in [0, 0.1) is 13.8 Å². The third-order valence-corrected chi connectivity index (χ3v) is 8.90. The number of carbonyl (C=O) groups excluding carboxylic acids is 2. The molecule has 43 heavy (non-hydrogen) atoms. The first-order valence-corrected chi connectivity index (χ1v) is 15.3. The third-order valence-electron chi connectivity index (χ3n) is 7.90. The van der Waals surface area contributed by atoms with E-state index in [1.54, 1.807) is 31.4 Å². The van der Waals surface area contributed by atoms with E-state index in [9.17, 15) is 14.7 Å². The molecule has 1 saturated heterocycles. The molecular formula is C34H34N2O6S. The van der Waals surface area contributed by atoms with Crippen LogP contribution in [-0.4, -0.2) is 41.6 Å². The van der Waals surface area contributed by atoms with E-state index in [0.717, 1.165) is 45.5 Å². The number of aromatic nitrogens is 1. The summed E-state index contributed by atoms with van der Waals surface area (Å²) in [6.45, 7) is 8.60. The summed E-state index contributed by atoms with van der Waals surface area (Å²) in [5.41, 5.74) is 4.80. The summed E-state index contributed by atoms with van der Waals surface area (Å²) in [5, 5.41) is 12.1. The molecule has 8 nitrogen and oxygen atoms in total. The first-order valence-electron chi connectivity index (χ1n) is 14.5. The Morgan fingerprint density at radius 3 is 2.70 bits per heavy atom. The molecular weight excluding hydrogens is 564 g/mol. The minimum absolute atomic E-state index is 0.00854. The first-order chi connectivity index (χ1) is 20.7. The summed E-state index contributed by atoms with van der Waals surface area (Å²) < 4.78 is 18.4. The van der Waals surface area contributed by atoms with Crippen molar-refractivity contribution in [3.8, 4) is 17.2 Å². The van der Waals surface area contributed by atoms with E-state index in [1.165, 1.54) is 16.2 Å². The molecule has 6 rings (SSSR count). The Bertz CT molecular complexity index is 1790. The number of fused-ring (bicyclic) bond motifs is 2. The summed E-state index contributed by atoms with van der Waals surface area (Å²) in [7, 11) is 1.55. The van der Waals surface area contributed by atoms with Crippen LogP contribution in [-0.2, 0) is 16.0 Å². The largest absolute Gasteiger partial charge is 0.507 e. The number of aliphatic hydroxyl groups is 1. The van der Waals surface area contributed by atoms with Gasteiger partial charge in [-0.1, -0.05) is 36.8 Å². The van der Waals surface area contributed by atoms with Gasteiger partial charge in [0, 0.05) is 12.0 Å². The van der Waals surface area contributed by atoms with Crippen LogP contribution in [0.4, 0.5) is 5.13 Å². The van der Waals surface area contributed by atoms with Gasteiger partial charge < -0.3 is 19.3 Å². The van der Waals surface area contributed by atoms with E-state index in [0.29, 0.717) is 40.8 Å². The average Bonchev–Trinajstić information content (AvgIpc) is 3.65. The van der Waals surface area contributed by atoms with Gasteiger partial charge in [0.15, 0.2) is 16.6 Å². The predicted octanol–water partition coefficient (Wildman–Crippen LogP) is 7.05. The molecule has 0 radical (unpaired) electrons. The number of ether oxygens (including phenoxy) is 3. The van der Waals surface area contributed by atoms with Crippen LogP contribution in [0.3, 0.4) is 0 Å². The highest BCUT2D eigenvalue weighted by Gasteiger charge is 2.48. The van der Waals surface area contributed by atoms with E-state index in [1.807, 2.05) is 45.0 Å². The van der Waals surface area contributed by atoms with Gasteiger partial charge in [0.1, 0.15) is 17.6 Å². The number of benzene rings is 3. The third kappa shape index (κ3) is 5.12. The lowest BCUT2D eigenvalue weighted by Crippen LogP contribution is -2.29. The van der Waals surface area contributed by atoms with Crippen molar-refractivity contribution in [3.05, 3.63) is 81.9 Å². The number of hydrogen-bond donors (Lipinski definition) is 1. The molecule has 3 heterocycles. The number of rotatable bonds is 8. The molecule has 1 fully saturated rings. The van der Waals surface area contributed by atoms with Crippen LogP contribution in [0.5, 0.6) is 17.2 Å². The Hall–Kier alpha value is -4.37. The summed E-state index contributed by atoms with van der Waals surface area (Å²) in [4.78, 5) is 33.8. The number of thiazole rings is 1. The number of anilines is 1. The van der Waals surface area contributed by atoms with Crippen LogP contribution in [0.15, 0.2) is 54.1 Å². The Morgan fingerprint density at radius 1 is 1.12 bits per heavy atom. The fraction of sp³-hybridized carbons (Fsp3) is 0.324. The van der Waals surface area contributed by atoms with Crippen LogP contribution in [0.2, 0.25) is 0 Å². The smallest absolute Gasteiger partial charge is 0.301 e. The van der Waals surface area contributed by atoms with Gasteiger partial charge in [0.25, 0.3) is 5.78 Å². The van der Waals surface area contributed by atoms with Gasteiger partial charge in [-0.05, 0) is 85.8 Å². The number of carbonyl (C=O) groups is 2. The van der Waals surface area contributed by atoms with E-state index < -0.39 is 17.7 Å². The molecule has 1 amide bonds. The van der Waals surface area contributed by atoms with Crippen LogP contribution < -0.4 is 19.1 Å². The molecule has 3 aromatic carbocycles. The number of hydrogen-bond acceptors (Lipinski definition) is 8. The van der Waals surface area contributed by atoms with Crippen LogP contribution in [0.25, 0.3) is 16.0 Å². The second-order valence-corrected chi connectivity index (χ2v) is 12.2. The van der Waals surface area contributed by atoms with Crippen molar-refractivity contribution in [2.45, 2.75) is 59.1 Å². The molecule has 0 bridgehead atoms. The zero-order valence-electron chi connectivity index (χ0n) is 24.9. The molecule has 9 heteroatoms. The molecule has 4 aromatic rings. The molecule has 2 aliphatic rings. The Kier molecular flexibility index (Phi) is 7.60. The molecule has 1 aromatic heterocycles. The monoisotopic (exact) mass is 598 g/mol. The Labute approximate surface area is 254 Å². The molecule has 2 atom stereocenters. The predicted molar refractivity (Wildman–Crippen MR) is 168 cm³/mol. The van der Waals surface area contributed by atoms with Crippen molar-refractivity contribution in [2.24, 2.45) is 0 Å². The molecule has 0 unspecified atom stereocenters. The summed E-state index contributed by atoms with van der Waals surface area (Å²) >= 11 is 1.34. The quantitative estimate of drug-likeness (QED) is 0.100. The summed E-state index contributed by atoms with van der Waals surface area (Å²) in [6.07, 6.45) is 2.60. The highest BCUT2D eigenvalue weighted by atomic mass is 32.1. The van der Waals surface area contributed by atoms with Crippen molar-refractivity contribution in [1.82, 2.24) is 4.98 Å². The first kappa shape index (κ1) is 28.7. The minimum Gasteiger partial charge on any atom is -0.507 e.